The first kappa shape index (κ1) is 18.7. The van der Waals surface area contributed by atoms with Crippen LogP contribution in [0, 0.1) is 6.92 Å². The fourth-order valence-corrected chi connectivity index (χ4v) is 4.12. The summed E-state index contributed by atoms with van der Waals surface area (Å²) in [6, 6.07) is 8.61. The highest BCUT2D eigenvalue weighted by atomic mass is 15.2. The molecule has 0 atom stereocenters. The van der Waals surface area contributed by atoms with Gasteiger partial charge in [0.05, 0.1) is 11.8 Å². The van der Waals surface area contributed by atoms with Crippen LogP contribution in [0.2, 0.25) is 0 Å². The number of para-hydroxylation sites is 1. The van der Waals surface area contributed by atoms with E-state index >= 15 is 0 Å². The van der Waals surface area contributed by atoms with Gasteiger partial charge in [-0.3, -0.25) is 0 Å². The Balaban J connectivity index is 1.53. The molecule has 1 saturated heterocycles. The highest BCUT2D eigenvalue weighted by Gasteiger charge is 2.19. The van der Waals surface area contributed by atoms with Crippen LogP contribution >= 0.6 is 0 Å². The lowest BCUT2D eigenvalue weighted by atomic mass is 10.1. The van der Waals surface area contributed by atoms with Gasteiger partial charge < -0.3 is 20.1 Å². The van der Waals surface area contributed by atoms with Gasteiger partial charge in [0.1, 0.15) is 17.7 Å². The van der Waals surface area contributed by atoms with Gasteiger partial charge >= 0.3 is 0 Å². The molecule has 30 heavy (non-hydrogen) atoms. The van der Waals surface area contributed by atoms with Crippen molar-refractivity contribution in [1.82, 2.24) is 29.8 Å². The predicted octanol–water partition coefficient (Wildman–Crippen LogP) is 2.96. The monoisotopic (exact) mass is 402 g/mol. The Morgan fingerprint density at radius 3 is 2.93 bits per heavy atom. The van der Waals surface area contributed by atoms with Crippen LogP contribution in [0.4, 0.5) is 11.6 Å². The molecule has 3 aromatic heterocycles. The number of nitrogens with zero attached hydrogens (tertiary/aromatic N) is 6. The van der Waals surface area contributed by atoms with E-state index in [1.165, 1.54) is 11.1 Å². The van der Waals surface area contributed by atoms with Crippen LogP contribution < -0.4 is 10.2 Å². The maximum atomic E-state index is 5.14. The fraction of sp³-hybridized carbons (Fsp3) is 0.364. The molecule has 8 heteroatoms. The van der Waals surface area contributed by atoms with Crippen molar-refractivity contribution in [2.45, 2.75) is 19.9 Å². The molecule has 1 aliphatic rings. The van der Waals surface area contributed by atoms with Gasteiger partial charge in [0, 0.05) is 37.1 Å². The van der Waals surface area contributed by atoms with Crippen LogP contribution in [0.3, 0.4) is 0 Å². The van der Waals surface area contributed by atoms with Crippen molar-refractivity contribution in [3.63, 3.8) is 0 Å². The minimum Gasteiger partial charge on any atom is -0.364 e. The molecule has 1 aromatic carbocycles. The Bertz CT molecular complexity index is 1180. The first-order valence-electron chi connectivity index (χ1n) is 10.4. The number of fused-ring (bicyclic) bond motifs is 2. The zero-order valence-electron chi connectivity index (χ0n) is 17.4. The normalized spacial score (nSPS) is 15.6. The van der Waals surface area contributed by atoms with Crippen molar-refractivity contribution in [2.75, 3.05) is 43.4 Å². The average Bonchev–Trinajstić information content (AvgIpc) is 3.14. The second-order valence-corrected chi connectivity index (χ2v) is 7.94. The lowest BCUT2D eigenvalue weighted by Gasteiger charge is -2.25. The lowest BCUT2D eigenvalue weighted by Crippen LogP contribution is -2.30. The minimum absolute atomic E-state index is 0.623. The highest BCUT2D eigenvalue weighted by molar-refractivity contribution is 5.85. The van der Waals surface area contributed by atoms with Gasteiger partial charge in [-0.15, -0.1) is 0 Å². The number of aryl methyl sites for hydroxylation is 1. The zero-order valence-corrected chi connectivity index (χ0v) is 17.4. The number of aromatic amines is 1. The lowest BCUT2D eigenvalue weighted by molar-refractivity contribution is 0.360. The number of hydrogen-bond acceptors (Lipinski definition) is 7. The number of nitrogens with one attached hydrogen (secondary N) is 2. The topological polar surface area (TPSA) is 85.9 Å². The maximum absolute atomic E-state index is 5.14. The van der Waals surface area contributed by atoms with Gasteiger partial charge in [-0.2, -0.15) is 0 Å². The number of aromatic nitrogens is 5. The summed E-state index contributed by atoms with van der Waals surface area (Å²) in [6.07, 6.45) is 4.33. The third kappa shape index (κ3) is 3.54. The van der Waals surface area contributed by atoms with Crippen molar-refractivity contribution in [2.24, 2.45) is 0 Å². The number of pyridine rings is 1. The number of benzene rings is 1. The molecule has 0 aliphatic carbocycles. The Hall–Kier alpha value is -3.26. The molecule has 0 radical (unpaired) electrons. The molecule has 0 amide bonds. The Morgan fingerprint density at radius 1 is 1.07 bits per heavy atom. The Kier molecular flexibility index (Phi) is 4.92. The van der Waals surface area contributed by atoms with E-state index in [2.05, 4.69) is 73.3 Å². The maximum Gasteiger partial charge on any atom is 0.162 e. The summed E-state index contributed by atoms with van der Waals surface area (Å²) in [7, 11) is 2.19. The van der Waals surface area contributed by atoms with E-state index in [0.29, 0.717) is 6.54 Å². The molecule has 2 N–H and O–H groups in total. The van der Waals surface area contributed by atoms with Crippen molar-refractivity contribution < 1.29 is 0 Å². The van der Waals surface area contributed by atoms with E-state index in [4.69, 9.17) is 4.98 Å². The third-order valence-electron chi connectivity index (χ3n) is 5.79. The van der Waals surface area contributed by atoms with Gasteiger partial charge in [-0.05, 0) is 38.6 Å². The molecule has 0 saturated carbocycles. The van der Waals surface area contributed by atoms with E-state index in [-0.39, 0.29) is 0 Å². The molecule has 0 unspecified atom stereocenters. The van der Waals surface area contributed by atoms with Gasteiger partial charge in [0.2, 0.25) is 0 Å². The molecule has 4 aromatic rings. The highest BCUT2D eigenvalue weighted by Crippen LogP contribution is 2.27. The summed E-state index contributed by atoms with van der Waals surface area (Å²) >= 11 is 0. The van der Waals surface area contributed by atoms with Crippen LogP contribution in [0.15, 0.2) is 36.9 Å². The van der Waals surface area contributed by atoms with E-state index < -0.39 is 0 Å². The second kappa shape index (κ2) is 7.87. The summed E-state index contributed by atoms with van der Waals surface area (Å²) in [6.45, 7) is 6.90. The van der Waals surface area contributed by atoms with E-state index in [9.17, 15) is 0 Å². The van der Waals surface area contributed by atoms with Crippen LogP contribution in [-0.4, -0.2) is 63.0 Å². The van der Waals surface area contributed by atoms with Crippen molar-refractivity contribution in [1.29, 1.82) is 0 Å². The molecule has 0 spiro atoms. The molecule has 0 bridgehead atoms. The predicted molar refractivity (Wildman–Crippen MR) is 120 cm³/mol. The molecule has 5 rings (SSSR count). The molecule has 1 fully saturated rings. The van der Waals surface area contributed by atoms with Crippen molar-refractivity contribution in [3.05, 3.63) is 48.0 Å². The summed E-state index contributed by atoms with van der Waals surface area (Å²) in [5.74, 6) is 1.79. The SMILES string of the molecule is Cc1cccc2cc(CNc3ncnc4[nH]cnc34)c(N3CCCN(C)CC3)nc12. The van der Waals surface area contributed by atoms with Crippen molar-refractivity contribution in [3.8, 4) is 0 Å². The number of likely N-dealkylation sites (N-methyl/N-ethyl adjacent to an activating group) is 1. The van der Waals surface area contributed by atoms with Gasteiger partial charge in [0.25, 0.3) is 0 Å². The number of anilines is 2. The Labute approximate surface area is 175 Å². The average molecular weight is 403 g/mol. The standard InChI is InChI=1S/C22H26N8/c1-15-5-3-6-16-11-17(12-23-20-19-21(25-13-24-19)27-14-26-20)22(28-18(15)16)30-8-4-7-29(2)9-10-30/h3,5-6,11,13-14H,4,7-10,12H2,1-2H3,(H2,23,24,25,26,27). The van der Waals surface area contributed by atoms with E-state index in [1.54, 1.807) is 12.7 Å². The molecule has 8 nitrogen and oxygen atoms in total. The summed E-state index contributed by atoms with van der Waals surface area (Å²) in [5.41, 5.74) is 4.93. The minimum atomic E-state index is 0.623. The number of H-pyrrole nitrogens is 1. The smallest absolute Gasteiger partial charge is 0.162 e. The van der Waals surface area contributed by atoms with Crippen LogP contribution in [-0.2, 0) is 6.54 Å². The number of rotatable bonds is 4. The first-order chi connectivity index (χ1) is 14.7. The van der Waals surface area contributed by atoms with E-state index in [1.807, 2.05) is 0 Å². The molecule has 1 aliphatic heterocycles. The fourth-order valence-electron chi connectivity index (χ4n) is 4.12. The first-order valence-corrected chi connectivity index (χ1v) is 10.4. The van der Waals surface area contributed by atoms with Crippen LogP contribution in [0.25, 0.3) is 22.1 Å². The van der Waals surface area contributed by atoms with Crippen LogP contribution in [0.5, 0.6) is 0 Å². The third-order valence-corrected chi connectivity index (χ3v) is 5.79. The van der Waals surface area contributed by atoms with E-state index in [0.717, 1.165) is 66.3 Å². The molecular weight excluding hydrogens is 376 g/mol. The summed E-state index contributed by atoms with van der Waals surface area (Å²) < 4.78 is 0. The summed E-state index contributed by atoms with van der Waals surface area (Å²) in [4.78, 5) is 26.0. The zero-order chi connectivity index (χ0) is 20.5. The van der Waals surface area contributed by atoms with Gasteiger partial charge in [-0.1, -0.05) is 18.2 Å². The van der Waals surface area contributed by atoms with Crippen LogP contribution in [0.1, 0.15) is 17.5 Å². The number of hydrogen-bond donors (Lipinski definition) is 2. The molecular formula is C22H26N8. The van der Waals surface area contributed by atoms with Gasteiger partial charge in [-0.25, -0.2) is 19.9 Å². The molecule has 4 heterocycles. The molecule has 154 valence electrons. The second-order valence-electron chi connectivity index (χ2n) is 7.94. The largest absolute Gasteiger partial charge is 0.364 e. The Morgan fingerprint density at radius 2 is 2.00 bits per heavy atom. The number of imidazole rings is 1. The summed E-state index contributed by atoms with van der Waals surface area (Å²) in [5, 5.41) is 4.62. The van der Waals surface area contributed by atoms with Gasteiger partial charge in [0.15, 0.2) is 11.5 Å². The quantitative estimate of drug-likeness (QED) is 0.543. The van der Waals surface area contributed by atoms with Crippen molar-refractivity contribution >= 4 is 33.7 Å².